The summed E-state index contributed by atoms with van der Waals surface area (Å²) in [4.78, 5) is 6.73. The largest absolute Gasteiger partial charge is 0.423 e. The number of nitrogens with zero attached hydrogens (tertiary/aromatic N) is 2. The standard InChI is InChI=1S/C13H16ClN3O.ClH/c1-9-7-10(14)8-11-12(9)18-13(16-11)17-5-2-3-15-4-6-17;/h7-8,15H,2-6H2,1H3;1H. The average Bonchev–Trinajstić information content (AvgIpc) is 2.59. The van der Waals surface area contributed by atoms with Crippen LogP contribution >= 0.6 is 24.0 Å². The Morgan fingerprint density at radius 3 is 3.00 bits per heavy atom. The zero-order valence-corrected chi connectivity index (χ0v) is 12.4. The Bertz CT molecular complexity index is 562. The first-order chi connectivity index (χ1) is 8.74. The van der Waals surface area contributed by atoms with Gasteiger partial charge in [0.15, 0.2) is 5.58 Å². The Labute approximate surface area is 123 Å². The van der Waals surface area contributed by atoms with E-state index in [1.807, 2.05) is 19.1 Å². The molecule has 1 aliphatic rings. The van der Waals surface area contributed by atoms with Crippen molar-refractivity contribution < 1.29 is 4.42 Å². The van der Waals surface area contributed by atoms with Crippen LogP contribution in [0, 0.1) is 6.92 Å². The number of aromatic nitrogens is 1. The highest BCUT2D eigenvalue weighted by molar-refractivity contribution is 6.31. The summed E-state index contributed by atoms with van der Waals surface area (Å²) in [6.07, 6.45) is 1.11. The molecule has 2 heterocycles. The van der Waals surface area contributed by atoms with E-state index >= 15 is 0 Å². The summed E-state index contributed by atoms with van der Waals surface area (Å²) in [6.45, 7) is 5.93. The van der Waals surface area contributed by atoms with Crippen LogP contribution in [0.5, 0.6) is 0 Å². The third kappa shape index (κ3) is 2.96. The predicted octanol–water partition coefficient (Wildman–Crippen LogP) is 3.01. The molecule has 1 saturated heterocycles. The molecule has 1 aromatic carbocycles. The van der Waals surface area contributed by atoms with Gasteiger partial charge in [-0.25, -0.2) is 0 Å². The van der Waals surface area contributed by atoms with Gasteiger partial charge in [-0.3, -0.25) is 0 Å². The lowest BCUT2D eigenvalue weighted by Gasteiger charge is -2.16. The maximum atomic E-state index is 6.04. The number of nitrogens with one attached hydrogen (secondary N) is 1. The van der Waals surface area contributed by atoms with Crippen molar-refractivity contribution in [3.05, 3.63) is 22.7 Å². The van der Waals surface area contributed by atoms with Crippen LogP contribution in [0.3, 0.4) is 0 Å². The van der Waals surface area contributed by atoms with Crippen molar-refractivity contribution in [1.82, 2.24) is 10.3 Å². The zero-order chi connectivity index (χ0) is 12.5. The maximum Gasteiger partial charge on any atom is 0.298 e. The minimum atomic E-state index is 0. The molecule has 1 fully saturated rings. The van der Waals surface area contributed by atoms with Crippen LogP contribution in [0.2, 0.25) is 5.02 Å². The summed E-state index contributed by atoms with van der Waals surface area (Å²) < 4.78 is 5.88. The van der Waals surface area contributed by atoms with Crippen molar-refractivity contribution >= 4 is 41.1 Å². The first kappa shape index (κ1) is 14.4. The quantitative estimate of drug-likeness (QED) is 0.879. The van der Waals surface area contributed by atoms with E-state index in [0.717, 1.165) is 49.3 Å². The highest BCUT2D eigenvalue weighted by Crippen LogP contribution is 2.27. The second-order valence-corrected chi connectivity index (χ2v) is 5.09. The van der Waals surface area contributed by atoms with Crippen molar-refractivity contribution in [2.75, 3.05) is 31.1 Å². The molecule has 1 N–H and O–H groups in total. The van der Waals surface area contributed by atoms with Crippen molar-refractivity contribution in [1.29, 1.82) is 0 Å². The Kier molecular flexibility index (Phi) is 4.55. The van der Waals surface area contributed by atoms with E-state index in [0.29, 0.717) is 11.0 Å². The SMILES string of the molecule is Cc1cc(Cl)cc2nc(N3CCCNCC3)oc12.Cl. The molecule has 19 heavy (non-hydrogen) atoms. The predicted molar refractivity (Wildman–Crippen MR) is 80.7 cm³/mol. The van der Waals surface area contributed by atoms with E-state index in [1.165, 1.54) is 0 Å². The average molecular weight is 302 g/mol. The normalized spacial score (nSPS) is 16.2. The molecule has 0 radical (unpaired) electrons. The molecule has 0 bridgehead atoms. The van der Waals surface area contributed by atoms with Crippen LogP contribution in [-0.2, 0) is 0 Å². The van der Waals surface area contributed by atoms with Crippen molar-refractivity contribution in [3.8, 4) is 0 Å². The van der Waals surface area contributed by atoms with E-state index in [-0.39, 0.29) is 12.4 Å². The first-order valence-electron chi connectivity index (χ1n) is 6.26. The highest BCUT2D eigenvalue weighted by Gasteiger charge is 2.16. The number of hydrogen-bond donors (Lipinski definition) is 1. The van der Waals surface area contributed by atoms with Gasteiger partial charge in [0.1, 0.15) is 5.52 Å². The Morgan fingerprint density at radius 1 is 1.32 bits per heavy atom. The smallest absolute Gasteiger partial charge is 0.298 e. The van der Waals surface area contributed by atoms with E-state index in [4.69, 9.17) is 16.0 Å². The summed E-state index contributed by atoms with van der Waals surface area (Å²) in [5.74, 6) is 0. The van der Waals surface area contributed by atoms with Crippen molar-refractivity contribution in [3.63, 3.8) is 0 Å². The topological polar surface area (TPSA) is 41.3 Å². The fraction of sp³-hybridized carbons (Fsp3) is 0.462. The molecule has 0 saturated carbocycles. The second-order valence-electron chi connectivity index (χ2n) is 4.66. The third-order valence-corrected chi connectivity index (χ3v) is 3.46. The fourth-order valence-electron chi connectivity index (χ4n) is 2.32. The van der Waals surface area contributed by atoms with Crippen LogP contribution in [-0.4, -0.2) is 31.2 Å². The molecule has 3 rings (SSSR count). The van der Waals surface area contributed by atoms with Gasteiger partial charge >= 0.3 is 0 Å². The van der Waals surface area contributed by atoms with Gasteiger partial charge in [0, 0.05) is 24.7 Å². The van der Waals surface area contributed by atoms with Crippen LogP contribution in [0.25, 0.3) is 11.1 Å². The van der Waals surface area contributed by atoms with E-state index < -0.39 is 0 Å². The summed E-state index contributed by atoms with van der Waals surface area (Å²) in [6, 6.07) is 4.47. The molecule has 0 aliphatic carbocycles. The molecule has 2 aromatic rings. The lowest BCUT2D eigenvalue weighted by Crippen LogP contribution is -2.27. The Balaban J connectivity index is 0.00000133. The molecule has 1 aromatic heterocycles. The van der Waals surface area contributed by atoms with E-state index in [1.54, 1.807) is 0 Å². The second kappa shape index (κ2) is 5.99. The first-order valence-corrected chi connectivity index (χ1v) is 6.64. The van der Waals surface area contributed by atoms with Crippen LogP contribution in [0.4, 0.5) is 6.01 Å². The molecule has 0 unspecified atom stereocenters. The van der Waals surface area contributed by atoms with Gasteiger partial charge in [0.2, 0.25) is 0 Å². The number of oxazole rings is 1. The number of fused-ring (bicyclic) bond motifs is 1. The molecule has 0 spiro atoms. The molecular weight excluding hydrogens is 285 g/mol. The van der Waals surface area contributed by atoms with Gasteiger partial charge in [-0.15, -0.1) is 12.4 Å². The number of halogens is 2. The zero-order valence-electron chi connectivity index (χ0n) is 10.8. The lowest BCUT2D eigenvalue weighted by molar-refractivity contribution is 0.569. The summed E-state index contributed by atoms with van der Waals surface area (Å²) >= 11 is 6.04. The maximum absolute atomic E-state index is 6.04. The highest BCUT2D eigenvalue weighted by atomic mass is 35.5. The van der Waals surface area contributed by atoms with E-state index in [9.17, 15) is 0 Å². The van der Waals surface area contributed by atoms with Gasteiger partial charge in [0.25, 0.3) is 6.01 Å². The summed E-state index contributed by atoms with van der Waals surface area (Å²) in [5, 5.41) is 4.07. The molecule has 6 heteroatoms. The molecule has 1 aliphatic heterocycles. The fourth-order valence-corrected chi connectivity index (χ4v) is 2.58. The Morgan fingerprint density at radius 2 is 2.16 bits per heavy atom. The summed E-state index contributed by atoms with van der Waals surface area (Å²) in [5.41, 5.74) is 2.71. The minimum absolute atomic E-state index is 0. The molecule has 0 atom stereocenters. The number of benzene rings is 1. The molecule has 0 amide bonds. The number of aryl methyl sites for hydroxylation is 1. The molecule has 104 valence electrons. The van der Waals surface area contributed by atoms with Crippen LogP contribution in [0.15, 0.2) is 16.5 Å². The number of anilines is 1. The van der Waals surface area contributed by atoms with Gasteiger partial charge in [0.05, 0.1) is 0 Å². The minimum Gasteiger partial charge on any atom is -0.423 e. The van der Waals surface area contributed by atoms with Gasteiger partial charge in [-0.2, -0.15) is 4.98 Å². The molecule has 4 nitrogen and oxygen atoms in total. The van der Waals surface area contributed by atoms with Gasteiger partial charge < -0.3 is 14.6 Å². The van der Waals surface area contributed by atoms with Gasteiger partial charge in [-0.05, 0) is 37.6 Å². The van der Waals surface area contributed by atoms with Crippen LogP contribution in [0.1, 0.15) is 12.0 Å². The Hall–Kier alpha value is -0.970. The third-order valence-electron chi connectivity index (χ3n) is 3.24. The number of rotatable bonds is 1. The van der Waals surface area contributed by atoms with Crippen LogP contribution < -0.4 is 10.2 Å². The van der Waals surface area contributed by atoms with Gasteiger partial charge in [-0.1, -0.05) is 11.6 Å². The number of hydrogen-bond acceptors (Lipinski definition) is 4. The monoisotopic (exact) mass is 301 g/mol. The molecular formula is C13H17Cl2N3O. The van der Waals surface area contributed by atoms with Crippen molar-refractivity contribution in [2.24, 2.45) is 0 Å². The summed E-state index contributed by atoms with van der Waals surface area (Å²) in [7, 11) is 0. The lowest BCUT2D eigenvalue weighted by atomic mass is 10.2. The van der Waals surface area contributed by atoms with E-state index in [2.05, 4.69) is 15.2 Å². The van der Waals surface area contributed by atoms with Crippen molar-refractivity contribution in [2.45, 2.75) is 13.3 Å².